The van der Waals surface area contributed by atoms with Crippen molar-refractivity contribution in [3.05, 3.63) is 35.9 Å². The Bertz CT molecular complexity index is 412. The summed E-state index contributed by atoms with van der Waals surface area (Å²) in [6.07, 6.45) is 0.768. The highest BCUT2D eigenvalue weighted by Gasteiger charge is 2.30. The van der Waals surface area contributed by atoms with Crippen LogP contribution in [0.25, 0.3) is 0 Å². The molecule has 0 fully saturated rings. The van der Waals surface area contributed by atoms with Crippen LogP contribution in [-0.4, -0.2) is 19.1 Å². The van der Waals surface area contributed by atoms with E-state index in [2.05, 4.69) is 45.1 Å². The maximum atomic E-state index is 11.9. The molecule has 0 saturated carbocycles. The maximum absolute atomic E-state index is 11.9. The first-order valence-corrected chi connectivity index (χ1v) is 7.22. The van der Waals surface area contributed by atoms with Crippen LogP contribution >= 0.6 is 0 Å². The van der Waals surface area contributed by atoms with Gasteiger partial charge in [0.15, 0.2) is 0 Å². The molecule has 3 nitrogen and oxygen atoms in total. The second-order valence-electron chi connectivity index (χ2n) is 6.29. The molecule has 3 heteroatoms. The van der Waals surface area contributed by atoms with Gasteiger partial charge in [0.25, 0.3) is 0 Å². The Balaban J connectivity index is 2.68. The molecule has 1 aromatic carbocycles. The summed E-state index contributed by atoms with van der Waals surface area (Å²) in [6.45, 7) is 9.43. The van der Waals surface area contributed by atoms with Crippen molar-refractivity contribution in [3.8, 4) is 0 Å². The molecule has 1 atom stereocenters. The molecule has 0 amide bonds. The van der Waals surface area contributed by atoms with Crippen molar-refractivity contribution in [3.63, 3.8) is 0 Å². The van der Waals surface area contributed by atoms with Crippen molar-refractivity contribution in [2.24, 2.45) is 11.3 Å². The first-order valence-electron chi connectivity index (χ1n) is 7.22. The minimum absolute atomic E-state index is 0.0859. The molecule has 1 rings (SSSR count). The summed E-state index contributed by atoms with van der Waals surface area (Å²) in [5, 5.41) is 3.32. The quantitative estimate of drug-likeness (QED) is 0.776. The van der Waals surface area contributed by atoms with Gasteiger partial charge in [0.05, 0.1) is 7.11 Å². The van der Waals surface area contributed by atoms with Crippen LogP contribution in [0.3, 0.4) is 0 Å². The van der Waals surface area contributed by atoms with Crippen LogP contribution in [0.4, 0.5) is 0 Å². The molecule has 1 unspecified atom stereocenters. The van der Waals surface area contributed by atoms with Gasteiger partial charge in [-0.3, -0.25) is 4.79 Å². The molecule has 0 aromatic heterocycles. The van der Waals surface area contributed by atoms with Crippen LogP contribution in [0, 0.1) is 11.3 Å². The Morgan fingerprint density at radius 3 is 2.35 bits per heavy atom. The van der Waals surface area contributed by atoms with E-state index in [4.69, 9.17) is 4.74 Å². The highest BCUT2D eigenvalue weighted by molar-refractivity contribution is 5.75. The molecule has 0 aliphatic heterocycles. The van der Waals surface area contributed by atoms with Crippen molar-refractivity contribution in [1.82, 2.24) is 5.32 Å². The van der Waals surface area contributed by atoms with Gasteiger partial charge in [0.2, 0.25) is 0 Å². The van der Waals surface area contributed by atoms with Crippen molar-refractivity contribution < 1.29 is 9.53 Å². The number of methoxy groups -OCH3 is 1. The fourth-order valence-electron chi connectivity index (χ4n) is 1.98. The first-order chi connectivity index (χ1) is 9.36. The summed E-state index contributed by atoms with van der Waals surface area (Å²) >= 11 is 0. The molecule has 1 aromatic rings. The number of ether oxygens (including phenoxy) is 1. The molecule has 20 heavy (non-hydrogen) atoms. The molecule has 0 bridgehead atoms. The number of carbonyl (C=O) groups is 1. The van der Waals surface area contributed by atoms with Crippen molar-refractivity contribution >= 4 is 5.97 Å². The SMILES string of the molecule is COC(=O)C(CC(C)(C)C(C)C)NCc1ccccc1. The minimum atomic E-state index is -0.266. The predicted octanol–water partition coefficient (Wildman–Crippen LogP) is 3.39. The van der Waals surface area contributed by atoms with Crippen molar-refractivity contribution in [2.45, 2.75) is 46.7 Å². The highest BCUT2D eigenvalue weighted by atomic mass is 16.5. The molecule has 0 heterocycles. The average Bonchev–Trinajstić information content (AvgIpc) is 2.43. The summed E-state index contributed by atoms with van der Waals surface area (Å²) in [5.41, 5.74) is 1.26. The zero-order valence-corrected chi connectivity index (χ0v) is 13.3. The van der Waals surface area contributed by atoms with E-state index < -0.39 is 0 Å². The van der Waals surface area contributed by atoms with Gasteiger partial charge >= 0.3 is 5.97 Å². The lowest BCUT2D eigenvalue weighted by molar-refractivity contribution is -0.144. The maximum Gasteiger partial charge on any atom is 0.322 e. The molecule has 0 spiro atoms. The number of esters is 1. The Kier molecular flexibility index (Phi) is 6.21. The number of nitrogens with one attached hydrogen (secondary N) is 1. The van der Waals surface area contributed by atoms with E-state index in [1.807, 2.05) is 18.2 Å². The highest BCUT2D eigenvalue weighted by Crippen LogP contribution is 2.31. The van der Waals surface area contributed by atoms with E-state index >= 15 is 0 Å². The lowest BCUT2D eigenvalue weighted by Crippen LogP contribution is -2.41. The third-order valence-electron chi connectivity index (χ3n) is 4.17. The van der Waals surface area contributed by atoms with Crippen LogP contribution in [0.5, 0.6) is 0 Å². The number of hydrogen-bond donors (Lipinski definition) is 1. The van der Waals surface area contributed by atoms with Gasteiger partial charge < -0.3 is 10.1 Å². The van der Waals surface area contributed by atoms with Crippen LogP contribution in [0.15, 0.2) is 30.3 Å². The summed E-state index contributed by atoms with van der Waals surface area (Å²) in [4.78, 5) is 11.9. The van der Waals surface area contributed by atoms with Crippen molar-refractivity contribution in [2.75, 3.05) is 7.11 Å². The largest absolute Gasteiger partial charge is 0.468 e. The Hall–Kier alpha value is -1.35. The van der Waals surface area contributed by atoms with Crippen LogP contribution in [0.1, 0.15) is 39.7 Å². The van der Waals surface area contributed by atoms with E-state index in [0.29, 0.717) is 12.5 Å². The zero-order valence-electron chi connectivity index (χ0n) is 13.3. The van der Waals surface area contributed by atoms with E-state index in [-0.39, 0.29) is 17.4 Å². The molecule has 1 N–H and O–H groups in total. The molecule has 0 saturated heterocycles. The summed E-state index contributed by atoms with van der Waals surface area (Å²) in [5.74, 6) is 0.322. The number of hydrogen-bond acceptors (Lipinski definition) is 3. The van der Waals surface area contributed by atoms with Gasteiger partial charge in [-0.05, 0) is 23.3 Å². The second kappa shape index (κ2) is 7.44. The summed E-state index contributed by atoms with van der Waals surface area (Å²) < 4.78 is 4.92. The Labute approximate surface area is 122 Å². The molecular formula is C17H27NO2. The average molecular weight is 277 g/mol. The van der Waals surface area contributed by atoms with Crippen LogP contribution in [-0.2, 0) is 16.1 Å². The summed E-state index contributed by atoms with van der Waals surface area (Å²) in [6, 6.07) is 9.83. The van der Waals surface area contributed by atoms with Gasteiger partial charge in [-0.1, -0.05) is 58.0 Å². The predicted molar refractivity (Wildman–Crippen MR) is 82.3 cm³/mol. The zero-order chi connectivity index (χ0) is 15.2. The minimum Gasteiger partial charge on any atom is -0.468 e. The van der Waals surface area contributed by atoms with E-state index in [1.54, 1.807) is 0 Å². The molecular weight excluding hydrogens is 250 g/mol. The number of rotatable bonds is 7. The second-order valence-corrected chi connectivity index (χ2v) is 6.29. The van der Waals surface area contributed by atoms with Gasteiger partial charge in [-0.15, -0.1) is 0 Å². The molecule has 112 valence electrons. The third-order valence-corrected chi connectivity index (χ3v) is 4.17. The third kappa shape index (κ3) is 4.97. The lowest BCUT2D eigenvalue weighted by Gasteiger charge is -2.32. The van der Waals surface area contributed by atoms with E-state index in [1.165, 1.54) is 12.7 Å². The Morgan fingerprint density at radius 2 is 1.85 bits per heavy atom. The normalized spacial score (nSPS) is 13.3. The van der Waals surface area contributed by atoms with Crippen LogP contribution in [0.2, 0.25) is 0 Å². The molecule has 0 radical (unpaired) electrons. The van der Waals surface area contributed by atoms with E-state index in [9.17, 15) is 4.79 Å². The molecule has 0 aliphatic rings. The van der Waals surface area contributed by atoms with Gasteiger partial charge in [-0.2, -0.15) is 0 Å². The van der Waals surface area contributed by atoms with Gasteiger partial charge in [0.1, 0.15) is 6.04 Å². The Morgan fingerprint density at radius 1 is 1.25 bits per heavy atom. The molecule has 0 aliphatic carbocycles. The monoisotopic (exact) mass is 277 g/mol. The number of benzene rings is 1. The van der Waals surface area contributed by atoms with Gasteiger partial charge in [-0.25, -0.2) is 0 Å². The fourth-order valence-corrected chi connectivity index (χ4v) is 1.98. The van der Waals surface area contributed by atoms with Gasteiger partial charge in [0, 0.05) is 6.54 Å². The fraction of sp³-hybridized carbons (Fsp3) is 0.588. The topological polar surface area (TPSA) is 38.3 Å². The van der Waals surface area contributed by atoms with Crippen LogP contribution < -0.4 is 5.32 Å². The number of carbonyl (C=O) groups excluding carboxylic acids is 1. The summed E-state index contributed by atoms with van der Waals surface area (Å²) in [7, 11) is 1.45. The lowest BCUT2D eigenvalue weighted by atomic mass is 9.76. The van der Waals surface area contributed by atoms with E-state index in [0.717, 1.165) is 6.42 Å². The first kappa shape index (κ1) is 16.7. The van der Waals surface area contributed by atoms with Crippen molar-refractivity contribution in [1.29, 1.82) is 0 Å². The standard InChI is InChI=1S/C17H27NO2/c1-13(2)17(3,4)11-15(16(19)20-5)18-12-14-9-7-6-8-10-14/h6-10,13,15,18H,11-12H2,1-5H3. The smallest absolute Gasteiger partial charge is 0.322 e.